The molecule has 0 saturated heterocycles. The third-order valence-corrected chi connectivity index (χ3v) is 20.0. The van der Waals surface area contributed by atoms with Crippen LogP contribution < -0.4 is 88.7 Å². The second kappa shape index (κ2) is 24.0. The van der Waals surface area contributed by atoms with E-state index >= 15 is 0 Å². The van der Waals surface area contributed by atoms with Crippen molar-refractivity contribution in [2.24, 2.45) is 5.41 Å². The van der Waals surface area contributed by atoms with Crippen molar-refractivity contribution in [1.82, 2.24) is 0 Å². The smallest absolute Gasteiger partial charge is 0.123 e. The van der Waals surface area contributed by atoms with Gasteiger partial charge in [0.2, 0.25) is 0 Å². The normalized spacial score (nSPS) is 11.3. The van der Waals surface area contributed by atoms with Crippen molar-refractivity contribution in [3.8, 4) is 69.0 Å². The molecule has 0 radical (unpaired) electrons. The van der Waals surface area contributed by atoms with Crippen LogP contribution in [-0.4, -0.2) is 104 Å². The molecule has 12 nitrogen and oxygen atoms in total. The highest BCUT2D eigenvalue weighted by Gasteiger charge is 2.38. The van der Waals surface area contributed by atoms with Crippen molar-refractivity contribution in [3.05, 3.63) is 109 Å². The van der Waals surface area contributed by atoms with Crippen LogP contribution >= 0.6 is 23.8 Å². The van der Waals surface area contributed by atoms with Gasteiger partial charge < -0.3 is 56.8 Å². The highest BCUT2D eigenvalue weighted by molar-refractivity contribution is 7.75. The van der Waals surface area contributed by atoms with E-state index in [1.54, 1.807) is 85.3 Å². The van der Waals surface area contributed by atoms with Gasteiger partial charge in [-0.25, -0.2) is 0 Å². The molecule has 0 heterocycles. The summed E-state index contributed by atoms with van der Waals surface area (Å²) in [6.45, 7) is 2.41. The number of hydrogen-bond donors (Lipinski definition) is 0. The standard InChI is InChI=1S/C53H63O12P3/c1-53(32-66(47-20-35(54-2)14-36(21-47)55-3)48-22-37(56-4)15-38(23-48)57-5,33-67(49-24-39(58-6)16-40(25-49)59-7)50-26-41(60-8)17-42(27-50)61-9)34-68(51-28-43(62-10)18-44(29-51)63-11)52-30-45(64-12)19-46(31-52)65-13/h14-31H,32-34H2,1-13H3. The molecule has 0 aromatic heterocycles. The maximum atomic E-state index is 5.93. The van der Waals surface area contributed by atoms with Crippen molar-refractivity contribution >= 4 is 55.6 Å². The fourth-order valence-electron chi connectivity index (χ4n) is 7.98. The summed E-state index contributed by atoms with van der Waals surface area (Å²) in [6.07, 6.45) is 2.07. The average Bonchev–Trinajstić information content (AvgIpc) is 3.39. The van der Waals surface area contributed by atoms with Crippen LogP contribution in [0, 0.1) is 5.41 Å². The predicted molar refractivity (Wildman–Crippen MR) is 279 cm³/mol. The molecule has 0 N–H and O–H groups in total. The molecule has 0 atom stereocenters. The molecule has 0 aliphatic heterocycles. The molecular formula is C53H63O12P3. The molecule has 0 unspecified atom stereocenters. The molecule has 68 heavy (non-hydrogen) atoms. The maximum Gasteiger partial charge on any atom is 0.123 e. The molecule has 15 heteroatoms. The van der Waals surface area contributed by atoms with Gasteiger partial charge in [0.25, 0.3) is 0 Å². The number of hydrogen-bond acceptors (Lipinski definition) is 12. The van der Waals surface area contributed by atoms with Gasteiger partial charge in [0, 0.05) is 36.4 Å². The zero-order chi connectivity index (χ0) is 49.0. The van der Waals surface area contributed by atoms with Crippen LogP contribution in [0.15, 0.2) is 109 Å². The van der Waals surface area contributed by atoms with E-state index < -0.39 is 29.2 Å². The highest BCUT2D eigenvalue weighted by atomic mass is 31.1. The zero-order valence-corrected chi connectivity index (χ0v) is 43.9. The summed E-state index contributed by atoms with van der Waals surface area (Å²) < 4.78 is 71.2. The van der Waals surface area contributed by atoms with Crippen LogP contribution in [-0.2, 0) is 0 Å². The van der Waals surface area contributed by atoms with Crippen molar-refractivity contribution in [2.45, 2.75) is 6.92 Å². The van der Waals surface area contributed by atoms with E-state index in [-0.39, 0.29) is 0 Å². The summed E-state index contributed by atoms with van der Waals surface area (Å²) in [5.41, 5.74) is -0.505. The van der Waals surface area contributed by atoms with Gasteiger partial charge in [0.05, 0.1) is 85.3 Å². The van der Waals surface area contributed by atoms with Gasteiger partial charge in [-0.15, -0.1) is 0 Å². The van der Waals surface area contributed by atoms with Gasteiger partial charge in [0.1, 0.15) is 69.0 Å². The van der Waals surface area contributed by atoms with Gasteiger partial charge in [-0.2, -0.15) is 0 Å². The van der Waals surface area contributed by atoms with E-state index in [4.69, 9.17) is 56.8 Å². The van der Waals surface area contributed by atoms with E-state index in [0.717, 1.165) is 31.8 Å². The van der Waals surface area contributed by atoms with E-state index in [2.05, 4.69) is 79.7 Å². The Balaban J connectivity index is 1.71. The van der Waals surface area contributed by atoms with Gasteiger partial charge >= 0.3 is 0 Å². The summed E-state index contributed by atoms with van der Waals surface area (Å²) in [5, 5.41) is 6.35. The molecule has 0 aliphatic rings. The lowest BCUT2D eigenvalue weighted by Gasteiger charge is -2.40. The largest absolute Gasteiger partial charge is 0.497 e. The van der Waals surface area contributed by atoms with E-state index in [9.17, 15) is 0 Å². The summed E-state index contributed by atoms with van der Waals surface area (Å²) >= 11 is 0. The number of ether oxygens (including phenoxy) is 12. The first-order valence-corrected chi connectivity index (χ1v) is 26.2. The van der Waals surface area contributed by atoms with Gasteiger partial charge in [-0.05, 0) is 152 Å². The van der Waals surface area contributed by atoms with E-state index in [1.807, 2.05) is 36.4 Å². The molecule has 0 aliphatic carbocycles. The van der Waals surface area contributed by atoms with E-state index in [1.165, 1.54) is 0 Å². The molecular weight excluding hydrogens is 921 g/mol. The monoisotopic (exact) mass is 984 g/mol. The molecule has 0 bridgehead atoms. The quantitative estimate of drug-likeness (QED) is 0.0543. The first-order valence-electron chi connectivity index (χ1n) is 21.6. The summed E-state index contributed by atoms with van der Waals surface area (Å²) in [7, 11) is 16.4. The van der Waals surface area contributed by atoms with Crippen molar-refractivity contribution < 1.29 is 56.8 Å². The minimum atomic E-state index is -1.23. The minimum absolute atomic E-state index is 0.505. The molecule has 362 valence electrons. The third-order valence-electron chi connectivity index (χ3n) is 11.5. The molecule has 0 fully saturated rings. The first-order chi connectivity index (χ1) is 32.9. The van der Waals surface area contributed by atoms with Gasteiger partial charge in [0.15, 0.2) is 0 Å². The number of methoxy groups -OCH3 is 12. The lowest BCUT2D eigenvalue weighted by molar-refractivity contribution is 0.394. The maximum absolute atomic E-state index is 5.93. The fraction of sp³-hybridized carbons (Fsp3) is 0.321. The van der Waals surface area contributed by atoms with Crippen molar-refractivity contribution in [1.29, 1.82) is 0 Å². The summed E-state index contributed by atoms with van der Waals surface area (Å²) in [6, 6.07) is 36.8. The minimum Gasteiger partial charge on any atom is -0.497 e. The Morgan fingerprint density at radius 2 is 0.353 bits per heavy atom. The average molecular weight is 985 g/mol. The predicted octanol–water partition coefficient (Wildman–Crippen LogP) is 8.49. The molecule has 6 aromatic carbocycles. The first kappa shape index (κ1) is 51.6. The Hall–Kier alpha value is -5.79. The SMILES string of the molecule is COc1cc(OC)cc(P(CC(C)(CP(c2cc(OC)cc(OC)c2)c2cc(OC)cc(OC)c2)CP(c2cc(OC)cc(OC)c2)c2cc(OC)cc(OC)c2)c2cc(OC)cc(OC)c2)c1. The van der Waals surface area contributed by atoms with Crippen LogP contribution in [0.1, 0.15) is 6.92 Å². The van der Waals surface area contributed by atoms with Crippen molar-refractivity contribution in [2.75, 3.05) is 104 Å². The Morgan fingerprint density at radius 3 is 0.456 bits per heavy atom. The van der Waals surface area contributed by atoms with E-state index in [0.29, 0.717) is 87.5 Å². The number of benzene rings is 6. The molecule has 6 aromatic rings. The van der Waals surface area contributed by atoms with Crippen LogP contribution in [0.3, 0.4) is 0 Å². The molecule has 0 amide bonds. The van der Waals surface area contributed by atoms with Gasteiger partial charge in [-0.3, -0.25) is 0 Å². The zero-order valence-electron chi connectivity index (χ0n) is 41.3. The molecule has 0 saturated carbocycles. The summed E-state index contributed by atoms with van der Waals surface area (Å²) in [5.74, 6) is 8.24. The third kappa shape index (κ3) is 12.6. The molecule has 0 spiro atoms. The van der Waals surface area contributed by atoms with Gasteiger partial charge in [-0.1, -0.05) is 6.92 Å². The highest BCUT2D eigenvalue weighted by Crippen LogP contribution is 2.54. The van der Waals surface area contributed by atoms with Crippen LogP contribution in [0.25, 0.3) is 0 Å². The lowest BCUT2D eigenvalue weighted by Crippen LogP contribution is -2.37. The Bertz CT molecular complexity index is 2040. The lowest BCUT2D eigenvalue weighted by atomic mass is 9.99. The second-order valence-electron chi connectivity index (χ2n) is 16.0. The van der Waals surface area contributed by atoms with Crippen LogP contribution in [0.2, 0.25) is 0 Å². The summed E-state index contributed by atoms with van der Waals surface area (Å²) in [4.78, 5) is 0. The Labute approximate surface area is 405 Å². The number of rotatable bonds is 24. The second-order valence-corrected chi connectivity index (χ2v) is 22.6. The van der Waals surface area contributed by atoms with Crippen LogP contribution in [0.5, 0.6) is 69.0 Å². The molecule has 6 rings (SSSR count). The fourth-order valence-corrected chi connectivity index (χ4v) is 16.9. The topological polar surface area (TPSA) is 111 Å². The Morgan fingerprint density at radius 1 is 0.235 bits per heavy atom. The van der Waals surface area contributed by atoms with Crippen molar-refractivity contribution in [3.63, 3.8) is 0 Å². The Kier molecular flexibility index (Phi) is 18.2. The van der Waals surface area contributed by atoms with Crippen LogP contribution in [0.4, 0.5) is 0 Å².